The normalized spacial score (nSPS) is 11.2. The zero-order valence-electron chi connectivity index (χ0n) is 12.5. The molecule has 2 aromatic rings. The second-order valence-electron chi connectivity index (χ2n) is 5.07. The van der Waals surface area contributed by atoms with Gasteiger partial charge in [0.2, 0.25) is 10.0 Å². The largest absolute Gasteiger partial charge is 0.322 e. The Labute approximate surface area is 140 Å². The lowest BCUT2D eigenvalue weighted by Crippen LogP contribution is -2.24. The van der Waals surface area contributed by atoms with Gasteiger partial charge in [-0.05, 0) is 48.4 Å². The maximum absolute atomic E-state index is 12.1. The molecular formula is C16H17ClN2O3S. The Balaban J connectivity index is 1.93. The van der Waals surface area contributed by atoms with E-state index in [0.29, 0.717) is 29.2 Å². The minimum absolute atomic E-state index is 0.215. The Morgan fingerprint density at radius 1 is 1.04 bits per heavy atom. The number of anilines is 1. The highest BCUT2D eigenvalue weighted by Crippen LogP contribution is 2.15. The molecule has 0 unspecified atom stereocenters. The van der Waals surface area contributed by atoms with E-state index in [4.69, 9.17) is 11.6 Å². The summed E-state index contributed by atoms with van der Waals surface area (Å²) in [5.41, 5.74) is 2.14. The van der Waals surface area contributed by atoms with Crippen LogP contribution in [-0.2, 0) is 16.4 Å². The maximum atomic E-state index is 12.1. The minimum atomic E-state index is -3.18. The van der Waals surface area contributed by atoms with Gasteiger partial charge in [0.25, 0.3) is 5.91 Å². The smallest absolute Gasteiger partial charge is 0.255 e. The van der Waals surface area contributed by atoms with Gasteiger partial charge in [-0.3, -0.25) is 4.79 Å². The van der Waals surface area contributed by atoms with Crippen LogP contribution in [0, 0.1) is 0 Å². The summed E-state index contributed by atoms with van der Waals surface area (Å²) in [6.07, 6.45) is 1.68. The Hall–Kier alpha value is -1.89. The molecular weight excluding hydrogens is 336 g/mol. The van der Waals surface area contributed by atoms with Crippen LogP contribution in [0.3, 0.4) is 0 Å². The van der Waals surface area contributed by atoms with Crippen LogP contribution in [0.4, 0.5) is 5.69 Å². The summed E-state index contributed by atoms with van der Waals surface area (Å²) in [6, 6.07) is 13.9. The van der Waals surface area contributed by atoms with Crippen LogP contribution in [0.1, 0.15) is 15.9 Å². The van der Waals surface area contributed by atoms with Crippen LogP contribution in [0.2, 0.25) is 5.02 Å². The second-order valence-corrected chi connectivity index (χ2v) is 7.34. The van der Waals surface area contributed by atoms with Crippen molar-refractivity contribution in [2.75, 3.05) is 18.1 Å². The van der Waals surface area contributed by atoms with Gasteiger partial charge in [-0.2, -0.15) is 0 Å². The minimum Gasteiger partial charge on any atom is -0.322 e. The van der Waals surface area contributed by atoms with E-state index >= 15 is 0 Å². The summed E-state index contributed by atoms with van der Waals surface area (Å²) < 4.78 is 24.4. The Bertz CT molecular complexity index is 772. The molecule has 0 saturated carbocycles. The number of halogens is 1. The van der Waals surface area contributed by atoms with E-state index in [1.54, 1.807) is 48.5 Å². The van der Waals surface area contributed by atoms with E-state index in [0.717, 1.165) is 11.8 Å². The molecule has 5 nitrogen and oxygen atoms in total. The Kier molecular flexibility index (Phi) is 5.76. The van der Waals surface area contributed by atoms with Crippen molar-refractivity contribution < 1.29 is 13.2 Å². The summed E-state index contributed by atoms with van der Waals surface area (Å²) >= 11 is 5.80. The molecule has 0 aliphatic carbocycles. The lowest BCUT2D eigenvalue weighted by Gasteiger charge is -2.07. The van der Waals surface area contributed by atoms with Gasteiger partial charge >= 0.3 is 0 Å². The van der Waals surface area contributed by atoms with Crippen LogP contribution >= 0.6 is 11.6 Å². The van der Waals surface area contributed by atoms with Crippen LogP contribution in [-0.4, -0.2) is 27.1 Å². The van der Waals surface area contributed by atoms with Crippen molar-refractivity contribution in [3.05, 3.63) is 64.7 Å². The average molecular weight is 353 g/mol. The molecule has 0 aliphatic heterocycles. The van der Waals surface area contributed by atoms with Crippen molar-refractivity contribution in [3.63, 3.8) is 0 Å². The molecule has 2 N–H and O–H groups in total. The third-order valence-corrected chi connectivity index (χ3v) is 4.08. The number of rotatable bonds is 6. The fourth-order valence-corrected chi connectivity index (χ4v) is 2.54. The van der Waals surface area contributed by atoms with E-state index in [-0.39, 0.29) is 5.91 Å². The molecule has 122 valence electrons. The van der Waals surface area contributed by atoms with Crippen LogP contribution in [0.15, 0.2) is 48.5 Å². The van der Waals surface area contributed by atoms with Gasteiger partial charge in [0, 0.05) is 22.8 Å². The molecule has 23 heavy (non-hydrogen) atoms. The van der Waals surface area contributed by atoms with Crippen molar-refractivity contribution in [2.24, 2.45) is 0 Å². The van der Waals surface area contributed by atoms with Gasteiger partial charge in [-0.25, -0.2) is 13.1 Å². The van der Waals surface area contributed by atoms with Gasteiger partial charge in [0.05, 0.1) is 6.26 Å². The molecule has 0 saturated heterocycles. The molecule has 0 aromatic heterocycles. The summed E-state index contributed by atoms with van der Waals surface area (Å²) in [5.74, 6) is -0.215. The Morgan fingerprint density at radius 2 is 1.65 bits per heavy atom. The topological polar surface area (TPSA) is 75.3 Å². The molecule has 0 heterocycles. The van der Waals surface area contributed by atoms with Gasteiger partial charge < -0.3 is 5.32 Å². The van der Waals surface area contributed by atoms with Crippen LogP contribution in [0.5, 0.6) is 0 Å². The molecule has 2 rings (SSSR count). The van der Waals surface area contributed by atoms with Gasteiger partial charge in [-0.1, -0.05) is 23.7 Å². The average Bonchev–Trinajstić information content (AvgIpc) is 2.49. The number of nitrogens with one attached hydrogen (secondary N) is 2. The molecule has 0 atom stereocenters. The van der Waals surface area contributed by atoms with E-state index < -0.39 is 10.0 Å². The molecule has 0 aliphatic rings. The van der Waals surface area contributed by atoms with E-state index in [9.17, 15) is 13.2 Å². The molecule has 0 fully saturated rings. The molecule has 0 bridgehead atoms. The third-order valence-electron chi connectivity index (χ3n) is 3.10. The number of amides is 1. The van der Waals surface area contributed by atoms with Crippen molar-refractivity contribution in [2.45, 2.75) is 6.42 Å². The standard InChI is InChI=1S/C16H17ClN2O3S/c1-23(21,22)18-11-10-12-2-4-13(5-3-12)16(20)19-15-8-6-14(17)7-9-15/h2-9,18H,10-11H2,1H3,(H,19,20). The van der Waals surface area contributed by atoms with Gasteiger partial charge in [0.15, 0.2) is 0 Å². The summed E-state index contributed by atoms with van der Waals surface area (Å²) in [4.78, 5) is 12.1. The monoisotopic (exact) mass is 352 g/mol. The van der Waals surface area contributed by atoms with Crippen molar-refractivity contribution >= 4 is 33.2 Å². The maximum Gasteiger partial charge on any atom is 0.255 e. The second kappa shape index (κ2) is 7.59. The summed E-state index contributed by atoms with van der Waals surface area (Å²) in [5, 5.41) is 3.39. The number of carbonyl (C=O) groups excluding carboxylic acids is 1. The van der Waals surface area contributed by atoms with Gasteiger partial charge in [-0.15, -0.1) is 0 Å². The van der Waals surface area contributed by atoms with Crippen molar-refractivity contribution in [3.8, 4) is 0 Å². The zero-order chi connectivity index (χ0) is 16.9. The molecule has 0 radical (unpaired) electrons. The van der Waals surface area contributed by atoms with E-state index in [2.05, 4.69) is 10.0 Å². The van der Waals surface area contributed by atoms with Crippen LogP contribution in [0.25, 0.3) is 0 Å². The lowest BCUT2D eigenvalue weighted by atomic mass is 10.1. The van der Waals surface area contributed by atoms with Crippen LogP contribution < -0.4 is 10.0 Å². The Morgan fingerprint density at radius 3 is 2.22 bits per heavy atom. The summed E-state index contributed by atoms with van der Waals surface area (Å²) in [7, 11) is -3.18. The summed E-state index contributed by atoms with van der Waals surface area (Å²) in [6.45, 7) is 0.329. The quantitative estimate of drug-likeness (QED) is 0.839. The van der Waals surface area contributed by atoms with E-state index in [1.807, 2.05) is 0 Å². The molecule has 2 aromatic carbocycles. The third kappa shape index (κ3) is 6.02. The number of carbonyl (C=O) groups is 1. The highest BCUT2D eigenvalue weighted by atomic mass is 35.5. The predicted octanol–water partition coefficient (Wildman–Crippen LogP) is 2.68. The highest BCUT2D eigenvalue weighted by Gasteiger charge is 2.06. The zero-order valence-corrected chi connectivity index (χ0v) is 14.1. The number of hydrogen-bond donors (Lipinski definition) is 2. The highest BCUT2D eigenvalue weighted by molar-refractivity contribution is 7.88. The molecule has 7 heteroatoms. The first-order valence-corrected chi connectivity index (χ1v) is 9.21. The first kappa shape index (κ1) is 17.5. The fraction of sp³-hybridized carbons (Fsp3) is 0.188. The predicted molar refractivity (Wildman–Crippen MR) is 92.4 cm³/mol. The van der Waals surface area contributed by atoms with E-state index in [1.165, 1.54) is 0 Å². The van der Waals surface area contributed by atoms with Crippen molar-refractivity contribution in [1.29, 1.82) is 0 Å². The lowest BCUT2D eigenvalue weighted by molar-refractivity contribution is 0.102. The van der Waals surface area contributed by atoms with Crippen molar-refractivity contribution in [1.82, 2.24) is 4.72 Å². The number of benzene rings is 2. The fourth-order valence-electron chi connectivity index (χ4n) is 1.94. The molecule has 1 amide bonds. The number of hydrogen-bond acceptors (Lipinski definition) is 3. The van der Waals surface area contributed by atoms with Gasteiger partial charge in [0.1, 0.15) is 0 Å². The molecule has 0 spiro atoms. The SMILES string of the molecule is CS(=O)(=O)NCCc1ccc(C(=O)Nc2ccc(Cl)cc2)cc1. The number of sulfonamides is 1. The first-order chi connectivity index (χ1) is 10.8. The first-order valence-electron chi connectivity index (χ1n) is 6.94.